The molecule has 116 valence electrons. The summed E-state index contributed by atoms with van der Waals surface area (Å²) in [6.45, 7) is 5.32. The molecule has 22 heavy (non-hydrogen) atoms. The summed E-state index contributed by atoms with van der Waals surface area (Å²) in [6.07, 6.45) is 7.91. The van der Waals surface area contributed by atoms with Crippen LogP contribution in [-0.4, -0.2) is 38.4 Å². The van der Waals surface area contributed by atoms with E-state index in [1.165, 1.54) is 5.56 Å². The highest BCUT2D eigenvalue weighted by Gasteiger charge is 2.37. The summed E-state index contributed by atoms with van der Waals surface area (Å²) in [5, 5.41) is 0. The van der Waals surface area contributed by atoms with E-state index in [2.05, 4.69) is 9.97 Å². The number of carbonyl (C=O) groups excluding carboxylic acids is 1. The first-order valence-electron chi connectivity index (χ1n) is 7.47. The summed E-state index contributed by atoms with van der Waals surface area (Å²) in [7, 11) is 0. The van der Waals surface area contributed by atoms with Gasteiger partial charge in [0.25, 0.3) is 0 Å². The molecule has 0 spiro atoms. The molecule has 0 aromatic carbocycles. The van der Waals surface area contributed by atoms with Crippen molar-refractivity contribution in [2.24, 2.45) is 0 Å². The van der Waals surface area contributed by atoms with Gasteiger partial charge >= 0.3 is 0 Å². The molecule has 3 heterocycles. The second-order valence-corrected chi connectivity index (χ2v) is 6.28. The predicted molar refractivity (Wildman–Crippen MR) is 84.1 cm³/mol. The lowest BCUT2D eigenvalue weighted by atomic mass is 9.99. The molecule has 6 nitrogen and oxygen atoms in total. The van der Waals surface area contributed by atoms with Crippen molar-refractivity contribution < 1.29 is 4.79 Å². The van der Waals surface area contributed by atoms with Crippen molar-refractivity contribution in [2.45, 2.75) is 31.7 Å². The Bertz CT molecular complexity index is 664. The van der Waals surface area contributed by atoms with E-state index in [-0.39, 0.29) is 5.91 Å². The van der Waals surface area contributed by atoms with Gasteiger partial charge in [-0.2, -0.15) is 0 Å². The molecular weight excluding hydrogens is 278 g/mol. The molecule has 1 amide bonds. The van der Waals surface area contributed by atoms with E-state index >= 15 is 0 Å². The van der Waals surface area contributed by atoms with E-state index in [9.17, 15) is 4.79 Å². The maximum absolute atomic E-state index is 12.9. The average Bonchev–Trinajstić information content (AvgIpc) is 3.16. The van der Waals surface area contributed by atoms with Gasteiger partial charge in [0.05, 0.1) is 6.33 Å². The van der Waals surface area contributed by atoms with Crippen LogP contribution in [0.2, 0.25) is 0 Å². The van der Waals surface area contributed by atoms with Crippen LogP contribution in [0.1, 0.15) is 31.7 Å². The number of imidazole rings is 1. The molecule has 1 aliphatic heterocycles. The monoisotopic (exact) mass is 299 g/mol. The molecule has 6 heteroatoms. The Morgan fingerprint density at radius 2 is 2.09 bits per heavy atom. The van der Waals surface area contributed by atoms with Gasteiger partial charge < -0.3 is 15.2 Å². The fraction of sp³-hybridized carbons (Fsp3) is 0.438. The van der Waals surface area contributed by atoms with Crippen LogP contribution < -0.4 is 5.73 Å². The maximum Gasteiger partial charge on any atom is 0.248 e. The first-order valence-corrected chi connectivity index (χ1v) is 7.47. The molecule has 2 N–H and O–H groups in total. The minimum Gasteiger partial charge on any atom is -0.382 e. The quantitative estimate of drug-likeness (QED) is 0.934. The zero-order valence-corrected chi connectivity index (χ0v) is 12.9. The minimum absolute atomic E-state index is 0.0986. The number of carbonyl (C=O) groups is 1. The lowest BCUT2D eigenvalue weighted by Gasteiger charge is -2.30. The Morgan fingerprint density at radius 1 is 1.36 bits per heavy atom. The molecule has 1 atom stereocenters. The van der Waals surface area contributed by atoms with Crippen LogP contribution in [0.4, 0.5) is 5.82 Å². The van der Waals surface area contributed by atoms with Gasteiger partial charge in [0.2, 0.25) is 5.91 Å². The summed E-state index contributed by atoms with van der Waals surface area (Å²) in [4.78, 5) is 22.9. The van der Waals surface area contributed by atoms with E-state index < -0.39 is 5.54 Å². The molecule has 1 aliphatic rings. The van der Waals surface area contributed by atoms with Crippen LogP contribution in [0, 0.1) is 0 Å². The second-order valence-electron chi connectivity index (χ2n) is 6.28. The van der Waals surface area contributed by atoms with Crippen LogP contribution in [0.25, 0.3) is 0 Å². The maximum atomic E-state index is 12.9. The molecule has 1 unspecified atom stereocenters. The van der Waals surface area contributed by atoms with Crippen LogP contribution >= 0.6 is 0 Å². The third kappa shape index (κ3) is 2.56. The fourth-order valence-electron chi connectivity index (χ4n) is 2.99. The summed E-state index contributed by atoms with van der Waals surface area (Å²) in [6, 6.07) is 4.06. The number of amides is 1. The summed E-state index contributed by atoms with van der Waals surface area (Å²) < 4.78 is 1.78. The lowest BCUT2D eigenvalue weighted by molar-refractivity contribution is -0.138. The number of pyridine rings is 1. The topological polar surface area (TPSA) is 77.0 Å². The SMILES string of the molecule is CC(C)(C(=O)N1CCC(c2ccncc2)C1)n1cnc(N)c1. The van der Waals surface area contributed by atoms with Gasteiger partial charge in [-0.1, -0.05) is 0 Å². The number of rotatable bonds is 3. The van der Waals surface area contributed by atoms with Crippen LogP contribution in [0.15, 0.2) is 37.1 Å². The molecule has 1 fully saturated rings. The molecule has 0 aliphatic carbocycles. The molecular formula is C16H21N5O. The molecule has 2 aromatic rings. The molecule has 0 saturated carbocycles. The van der Waals surface area contributed by atoms with Crippen molar-refractivity contribution in [1.82, 2.24) is 19.4 Å². The highest BCUT2D eigenvalue weighted by atomic mass is 16.2. The average molecular weight is 299 g/mol. The predicted octanol–water partition coefficient (Wildman–Crippen LogP) is 1.61. The molecule has 2 aromatic heterocycles. The van der Waals surface area contributed by atoms with E-state index in [0.717, 1.165) is 19.5 Å². The van der Waals surface area contributed by atoms with Gasteiger partial charge in [0, 0.05) is 37.6 Å². The number of hydrogen-bond acceptors (Lipinski definition) is 4. The van der Waals surface area contributed by atoms with Crippen molar-refractivity contribution in [3.63, 3.8) is 0 Å². The highest BCUT2D eigenvalue weighted by Crippen LogP contribution is 2.30. The normalized spacial score (nSPS) is 18.6. The lowest BCUT2D eigenvalue weighted by Crippen LogP contribution is -2.45. The Kier molecular flexibility index (Phi) is 3.60. The third-order valence-electron chi connectivity index (χ3n) is 4.42. The first-order chi connectivity index (χ1) is 10.5. The minimum atomic E-state index is -0.683. The van der Waals surface area contributed by atoms with E-state index in [0.29, 0.717) is 11.7 Å². The van der Waals surface area contributed by atoms with Gasteiger partial charge in [0.15, 0.2) is 0 Å². The van der Waals surface area contributed by atoms with Gasteiger partial charge in [-0.3, -0.25) is 9.78 Å². The number of hydrogen-bond donors (Lipinski definition) is 1. The van der Waals surface area contributed by atoms with Crippen LogP contribution in [-0.2, 0) is 10.3 Å². The highest BCUT2D eigenvalue weighted by molar-refractivity contribution is 5.84. The summed E-state index contributed by atoms with van der Waals surface area (Å²) in [5.41, 5.74) is 6.23. The van der Waals surface area contributed by atoms with Crippen molar-refractivity contribution >= 4 is 11.7 Å². The Hall–Kier alpha value is -2.37. The summed E-state index contributed by atoms with van der Waals surface area (Å²) in [5.74, 6) is 0.911. The number of likely N-dealkylation sites (tertiary alicyclic amines) is 1. The van der Waals surface area contributed by atoms with Crippen LogP contribution in [0.3, 0.4) is 0 Å². The van der Waals surface area contributed by atoms with Crippen molar-refractivity contribution in [2.75, 3.05) is 18.8 Å². The first kappa shape index (κ1) is 14.6. The Morgan fingerprint density at radius 3 is 2.73 bits per heavy atom. The zero-order valence-electron chi connectivity index (χ0n) is 12.9. The van der Waals surface area contributed by atoms with Crippen molar-refractivity contribution in [1.29, 1.82) is 0 Å². The Balaban J connectivity index is 1.74. The second kappa shape index (κ2) is 5.44. The zero-order chi connectivity index (χ0) is 15.7. The Labute approximate surface area is 130 Å². The van der Waals surface area contributed by atoms with E-state index in [1.807, 2.05) is 30.9 Å². The number of nitrogens with two attached hydrogens (primary N) is 1. The number of anilines is 1. The van der Waals surface area contributed by atoms with Crippen LogP contribution in [0.5, 0.6) is 0 Å². The molecule has 1 saturated heterocycles. The van der Waals surface area contributed by atoms with Gasteiger partial charge in [-0.05, 0) is 38.0 Å². The standard InChI is InChI=1S/C16H21N5O/c1-16(2,21-10-14(17)19-11-21)15(22)20-8-5-13(9-20)12-3-6-18-7-4-12/h3-4,6-7,10-11,13H,5,8-9,17H2,1-2H3. The summed E-state index contributed by atoms with van der Waals surface area (Å²) >= 11 is 0. The fourth-order valence-corrected chi connectivity index (χ4v) is 2.99. The number of nitrogens with zero attached hydrogens (tertiary/aromatic N) is 4. The third-order valence-corrected chi connectivity index (χ3v) is 4.42. The van der Waals surface area contributed by atoms with Crippen molar-refractivity contribution in [3.05, 3.63) is 42.6 Å². The van der Waals surface area contributed by atoms with E-state index in [1.54, 1.807) is 29.5 Å². The van der Waals surface area contributed by atoms with Gasteiger partial charge in [-0.25, -0.2) is 4.98 Å². The molecule has 0 bridgehead atoms. The molecule has 3 rings (SSSR count). The van der Waals surface area contributed by atoms with E-state index in [4.69, 9.17) is 5.73 Å². The van der Waals surface area contributed by atoms with Gasteiger partial charge in [-0.15, -0.1) is 0 Å². The smallest absolute Gasteiger partial charge is 0.248 e. The number of aromatic nitrogens is 3. The largest absolute Gasteiger partial charge is 0.382 e. The van der Waals surface area contributed by atoms with Crippen molar-refractivity contribution in [3.8, 4) is 0 Å². The number of nitrogen functional groups attached to an aromatic ring is 1. The molecule has 0 radical (unpaired) electrons. The van der Waals surface area contributed by atoms with Gasteiger partial charge in [0.1, 0.15) is 11.4 Å².